The molecule has 0 bridgehead atoms. The van der Waals surface area contributed by atoms with E-state index in [1.165, 1.54) is 5.54 Å². The molecule has 1 aliphatic carbocycles. The van der Waals surface area contributed by atoms with Gasteiger partial charge < -0.3 is 9.94 Å². The number of carbonyl (C=O) groups is 1. The van der Waals surface area contributed by atoms with Crippen molar-refractivity contribution in [3.05, 3.63) is 22.9 Å². The first kappa shape index (κ1) is 25.7. The van der Waals surface area contributed by atoms with E-state index in [4.69, 9.17) is 16.4 Å². The normalized spacial score (nSPS) is 19.8. The number of allylic oxidation sites excluding steroid dienone is 2. The van der Waals surface area contributed by atoms with Gasteiger partial charge in [-0.3, -0.25) is 4.79 Å². The van der Waals surface area contributed by atoms with Crippen molar-refractivity contribution in [2.24, 2.45) is 11.1 Å². The molecule has 26 heavy (non-hydrogen) atoms. The standard InChI is InChI=1S/C19H30ClNO3S.Li/c1-5-7-16(21-24-9-6-8-20)19-17(22)11-15(12-18(19)23)10-14(4)25-13(2)3;/h6,8,13-15,22H,5,7,9-12H2,1-4H3;/q;+1/p-1/b8-6+,21-16?;. The fourth-order valence-electron chi connectivity index (χ4n) is 3.08. The van der Waals surface area contributed by atoms with Crippen molar-refractivity contribution in [2.75, 3.05) is 6.61 Å². The number of rotatable bonds is 10. The smallest absolute Gasteiger partial charge is 0.875 e. The number of ketones is 1. The van der Waals surface area contributed by atoms with Crippen molar-refractivity contribution in [3.63, 3.8) is 0 Å². The maximum absolute atomic E-state index is 12.6. The van der Waals surface area contributed by atoms with Crippen LogP contribution in [-0.2, 0) is 9.63 Å². The number of hydrogen-bond acceptors (Lipinski definition) is 5. The molecule has 2 atom stereocenters. The Morgan fingerprint density at radius 1 is 1.42 bits per heavy atom. The van der Waals surface area contributed by atoms with Gasteiger partial charge in [0, 0.05) is 22.8 Å². The summed E-state index contributed by atoms with van der Waals surface area (Å²) in [6.45, 7) is 8.70. The summed E-state index contributed by atoms with van der Waals surface area (Å²) in [5.74, 6) is -0.0497. The first-order chi connectivity index (χ1) is 11.9. The van der Waals surface area contributed by atoms with Gasteiger partial charge in [-0.15, -0.1) is 5.76 Å². The number of nitrogens with zero attached hydrogens (tertiary/aromatic N) is 1. The van der Waals surface area contributed by atoms with E-state index in [9.17, 15) is 9.90 Å². The van der Waals surface area contributed by atoms with Crippen LogP contribution in [0.15, 0.2) is 28.1 Å². The molecule has 0 saturated heterocycles. The van der Waals surface area contributed by atoms with Gasteiger partial charge in [0.15, 0.2) is 5.78 Å². The zero-order chi connectivity index (χ0) is 18.8. The van der Waals surface area contributed by atoms with Gasteiger partial charge in [-0.05, 0) is 36.5 Å². The van der Waals surface area contributed by atoms with E-state index >= 15 is 0 Å². The van der Waals surface area contributed by atoms with E-state index in [0.29, 0.717) is 35.5 Å². The molecule has 7 heteroatoms. The Labute approximate surface area is 179 Å². The Hall–Kier alpha value is -0.343. The number of halogens is 1. The zero-order valence-corrected chi connectivity index (χ0v) is 18.2. The summed E-state index contributed by atoms with van der Waals surface area (Å²) in [4.78, 5) is 17.7. The molecule has 0 fully saturated rings. The molecule has 0 aromatic carbocycles. The second-order valence-corrected chi connectivity index (χ2v) is 8.94. The molecule has 1 aliphatic rings. The van der Waals surface area contributed by atoms with Gasteiger partial charge in [-0.2, -0.15) is 11.8 Å². The van der Waals surface area contributed by atoms with Crippen LogP contribution in [0.25, 0.3) is 0 Å². The molecule has 142 valence electrons. The van der Waals surface area contributed by atoms with Gasteiger partial charge in [0.05, 0.1) is 5.71 Å². The molecule has 0 saturated carbocycles. The second kappa shape index (κ2) is 13.8. The molecule has 0 aromatic heterocycles. The number of thioether (sulfide) groups is 1. The van der Waals surface area contributed by atoms with Crippen LogP contribution >= 0.6 is 23.4 Å². The fourth-order valence-corrected chi connectivity index (χ4v) is 4.47. The molecule has 0 aliphatic heterocycles. The van der Waals surface area contributed by atoms with E-state index in [-0.39, 0.29) is 48.5 Å². The number of hydrogen-bond donors (Lipinski definition) is 0. The minimum absolute atomic E-state index is 0. The number of oxime groups is 1. The monoisotopic (exact) mass is 393 g/mol. The topological polar surface area (TPSA) is 61.7 Å². The molecule has 0 radical (unpaired) electrons. The third-order valence-corrected chi connectivity index (χ3v) is 5.27. The maximum Gasteiger partial charge on any atom is 1.00 e. The van der Waals surface area contributed by atoms with Crippen LogP contribution in [0.3, 0.4) is 0 Å². The van der Waals surface area contributed by atoms with Gasteiger partial charge >= 0.3 is 18.9 Å². The number of carbonyl (C=O) groups excluding carboxylic acids is 1. The predicted molar refractivity (Wildman–Crippen MR) is 105 cm³/mol. The van der Waals surface area contributed by atoms with Crippen molar-refractivity contribution >= 4 is 34.9 Å². The molecule has 0 heterocycles. The summed E-state index contributed by atoms with van der Waals surface area (Å²) in [6, 6.07) is 0. The van der Waals surface area contributed by atoms with Crippen molar-refractivity contribution in [1.82, 2.24) is 0 Å². The molecule has 2 unspecified atom stereocenters. The Bertz CT molecular complexity index is 535. The molecule has 0 amide bonds. The quantitative estimate of drug-likeness (QED) is 0.244. The fraction of sp³-hybridized carbons (Fsp3) is 0.684. The molecule has 0 aromatic rings. The summed E-state index contributed by atoms with van der Waals surface area (Å²) in [6.07, 6.45) is 4.70. The van der Waals surface area contributed by atoms with E-state index in [1.54, 1.807) is 6.08 Å². The number of Topliss-reactive ketones (excluding diaryl/α,β-unsaturated/α-hetero) is 1. The Kier molecular flexibility index (Phi) is 13.6. The summed E-state index contributed by atoms with van der Waals surface area (Å²) in [5.41, 5.74) is 2.07. The third kappa shape index (κ3) is 9.04. The van der Waals surface area contributed by atoms with E-state index in [1.807, 2.05) is 18.7 Å². The van der Waals surface area contributed by atoms with Crippen LogP contribution in [0.4, 0.5) is 0 Å². The summed E-state index contributed by atoms with van der Waals surface area (Å²) in [7, 11) is 0. The third-order valence-electron chi connectivity index (χ3n) is 3.89. The Balaban J connectivity index is 0.00000625. The van der Waals surface area contributed by atoms with Crippen molar-refractivity contribution < 1.29 is 33.6 Å². The SMILES string of the molecule is CCCC(=NOC/C=C/Cl)C1=C([O-])CC(CC(C)SC(C)C)CC1=O.[Li+]. The minimum atomic E-state index is -0.0910. The van der Waals surface area contributed by atoms with E-state index < -0.39 is 0 Å². The summed E-state index contributed by atoms with van der Waals surface area (Å²) < 4.78 is 0. The Morgan fingerprint density at radius 2 is 2.12 bits per heavy atom. The first-order valence-electron chi connectivity index (χ1n) is 8.92. The van der Waals surface area contributed by atoms with E-state index in [0.717, 1.165) is 12.8 Å². The molecular weight excluding hydrogens is 365 g/mol. The first-order valence-corrected chi connectivity index (χ1v) is 10.3. The largest absolute Gasteiger partial charge is 1.00 e. The zero-order valence-electron chi connectivity index (χ0n) is 16.6. The van der Waals surface area contributed by atoms with Crippen molar-refractivity contribution in [2.45, 2.75) is 70.3 Å². The molecule has 0 spiro atoms. The van der Waals surface area contributed by atoms with Crippen molar-refractivity contribution in [3.8, 4) is 0 Å². The van der Waals surface area contributed by atoms with Crippen LogP contribution in [-0.4, -0.2) is 28.6 Å². The van der Waals surface area contributed by atoms with E-state index in [2.05, 4.69) is 25.9 Å². The van der Waals surface area contributed by atoms with Crippen LogP contribution in [0.5, 0.6) is 0 Å². The van der Waals surface area contributed by atoms with Crippen LogP contribution in [0, 0.1) is 5.92 Å². The second-order valence-electron chi connectivity index (χ2n) is 6.67. The van der Waals surface area contributed by atoms with Crippen LogP contribution in [0.2, 0.25) is 0 Å². The van der Waals surface area contributed by atoms with Gasteiger partial charge in [0.2, 0.25) is 0 Å². The molecule has 4 nitrogen and oxygen atoms in total. The van der Waals surface area contributed by atoms with Gasteiger partial charge in [-0.25, -0.2) is 0 Å². The van der Waals surface area contributed by atoms with Gasteiger partial charge in [0.1, 0.15) is 6.61 Å². The Morgan fingerprint density at radius 3 is 2.65 bits per heavy atom. The predicted octanol–water partition coefficient (Wildman–Crippen LogP) is 1.43. The van der Waals surface area contributed by atoms with Gasteiger partial charge in [0.25, 0.3) is 0 Å². The maximum atomic E-state index is 12.6. The van der Waals surface area contributed by atoms with Crippen LogP contribution in [0.1, 0.15) is 59.8 Å². The molecule has 0 N–H and O–H groups in total. The summed E-state index contributed by atoms with van der Waals surface area (Å²) >= 11 is 7.33. The molecular formula is C19H29ClLiNO3S. The minimum Gasteiger partial charge on any atom is -0.875 e. The molecule has 1 rings (SSSR count). The van der Waals surface area contributed by atoms with Gasteiger partial charge in [-0.1, -0.05) is 50.9 Å². The summed E-state index contributed by atoms with van der Waals surface area (Å²) in [5, 5.41) is 17.6. The average molecular weight is 394 g/mol. The van der Waals surface area contributed by atoms with Crippen LogP contribution < -0.4 is 24.0 Å². The van der Waals surface area contributed by atoms with Crippen molar-refractivity contribution in [1.29, 1.82) is 0 Å². The average Bonchev–Trinajstić information content (AvgIpc) is 2.49.